The minimum Gasteiger partial charge on any atom is -0.356 e. The Hall–Kier alpha value is -1.79. The molecule has 1 aromatic carbocycles. The summed E-state index contributed by atoms with van der Waals surface area (Å²) in [6, 6.07) is 8.96. The molecule has 0 aliphatic carbocycles. The third-order valence-corrected chi connectivity index (χ3v) is 5.30. The second-order valence-electron chi connectivity index (χ2n) is 5.14. The van der Waals surface area contributed by atoms with Gasteiger partial charge in [-0.3, -0.25) is 4.31 Å². The third kappa shape index (κ3) is 2.10. The van der Waals surface area contributed by atoms with Crippen LogP contribution in [0.5, 0.6) is 0 Å². The van der Waals surface area contributed by atoms with E-state index in [-0.39, 0.29) is 6.04 Å². The first-order valence-electron chi connectivity index (χ1n) is 6.46. The van der Waals surface area contributed by atoms with E-state index < -0.39 is 10.0 Å². The van der Waals surface area contributed by atoms with Crippen molar-refractivity contribution in [2.45, 2.75) is 17.4 Å². The Kier molecular flexibility index (Phi) is 3.07. The minimum atomic E-state index is -3.56. The zero-order valence-electron chi connectivity index (χ0n) is 11.2. The largest absolute Gasteiger partial charge is 0.356 e. The summed E-state index contributed by atoms with van der Waals surface area (Å²) in [5.74, 6) is 0. The topological polar surface area (TPSA) is 68.3 Å². The highest BCUT2D eigenvalue weighted by atomic mass is 32.2. The van der Waals surface area contributed by atoms with Gasteiger partial charge in [-0.25, -0.2) is 8.42 Å². The fourth-order valence-corrected chi connectivity index (χ4v) is 4.18. The average Bonchev–Trinajstić information content (AvgIpc) is 2.85. The highest BCUT2D eigenvalue weighted by Gasteiger charge is 2.32. The Bertz CT molecular complexity index is 736. The number of hydrogen-bond acceptors (Lipinski definition) is 3. The van der Waals surface area contributed by atoms with Crippen molar-refractivity contribution < 1.29 is 8.42 Å². The molecule has 0 fully saturated rings. The van der Waals surface area contributed by atoms with Crippen LogP contribution in [0.15, 0.2) is 47.6 Å². The minimum absolute atomic E-state index is 0.177. The van der Waals surface area contributed by atoms with E-state index in [0.29, 0.717) is 17.9 Å². The van der Waals surface area contributed by atoms with Crippen LogP contribution in [0.4, 0.5) is 5.69 Å². The molecule has 106 valence electrons. The SMILES string of the molecule is Cn1ccc(S(=O)(=O)N2CC(N)Cc3ccccc32)c1. The molecule has 2 heterocycles. The van der Waals surface area contributed by atoms with Crippen LogP contribution in [-0.4, -0.2) is 25.6 Å². The molecule has 0 spiro atoms. The predicted molar refractivity (Wildman–Crippen MR) is 78.1 cm³/mol. The summed E-state index contributed by atoms with van der Waals surface area (Å²) in [6.45, 7) is 0.314. The van der Waals surface area contributed by atoms with Gasteiger partial charge in [0, 0.05) is 32.0 Å². The maximum atomic E-state index is 12.8. The summed E-state index contributed by atoms with van der Waals surface area (Å²) >= 11 is 0. The van der Waals surface area contributed by atoms with E-state index in [1.165, 1.54) is 4.31 Å². The van der Waals surface area contributed by atoms with Crippen molar-refractivity contribution in [2.75, 3.05) is 10.8 Å². The summed E-state index contributed by atoms with van der Waals surface area (Å²) < 4.78 is 28.7. The van der Waals surface area contributed by atoms with Gasteiger partial charge < -0.3 is 10.3 Å². The molecule has 1 aliphatic heterocycles. The predicted octanol–water partition coefficient (Wildman–Crippen LogP) is 1.10. The fourth-order valence-electron chi connectivity index (χ4n) is 2.57. The van der Waals surface area contributed by atoms with Gasteiger partial charge in [0.15, 0.2) is 0 Å². The van der Waals surface area contributed by atoms with Gasteiger partial charge in [0.25, 0.3) is 10.0 Å². The van der Waals surface area contributed by atoms with Crippen LogP contribution < -0.4 is 10.0 Å². The van der Waals surface area contributed by atoms with E-state index in [4.69, 9.17) is 5.73 Å². The van der Waals surface area contributed by atoms with Gasteiger partial charge in [-0.05, 0) is 24.1 Å². The molecule has 0 bridgehead atoms. The van der Waals surface area contributed by atoms with E-state index in [0.717, 1.165) is 11.3 Å². The molecule has 0 amide bonds. The summed E-state index contributed by atoms with van der Waals surface area (Å²) in [6.07, 6.45) is 4.04. The van der Waals surface area contributed by atoms with E-state index >= 15 is 0 Å². The van der Waals surface area contributed by atoms with E-state index in [1.54, 1.807) is 30.1 Å². The number of hydrogen-bond donors (Lipinski definition) is 1. The molecule has 2 aromatic rings. The van der Waals surface area contributed by atoms with E-state index in [9.17, 15) is 8.42 Å². The lowest BCUT2D eigenvalue weighted by molar-refractivity contribution is 0.575. The first-order valence-corrected chi connectivity index (χ1v) is 7.90. The molecule has 1 aromatic heterocycles. The number of nitrogens with zero attached hydrogens (tertiary/aromatic N) is 2. The van der Waals surface area contributed by atoms with Crippen molar-refractivity contribution in [3.8, 4) is 0 Å². The molecule has 20 heavy (non-hydrogen) atoms. The molecule has 0 radical (unpaired) electrons. The highest BCUT2D eigenvalue weighted by molar-refractivity contribution is 7.92. The smallest absolute Gasteiger partial charge is 0.265 e. The Morgan fingerprint density at radius 2 is 2.00 bits per heavy atom. The van der Waals surface area contributed by atoms with Gasteiger partial charge in [-0.2, -0.15) is 0 Å². The summed E-state index contributed by atoms with van der Waals surface area (Å²) in [5, 5.41) is 0. The number of para-hydroxylation sites is 1. The van der Waals surface area contributed by atoms with Crippen molar-refractivity contribution in [1.82, 2.24) is 4.57 Å². The second kappa shape index (κ2) is 4.64. The molecule has 5 nitrogen and oxygen atoms in total. The van der Waals surface area contributed by atoms with Crippen LogP contribution in [0.3, 0.4) is 0 Å². The molecule has 1 aliphatic rings. The van der Waals surface area contributed by atoms with Crippen LogP contribution in [0.1, 0.15) is 5.56 Å². The lowest BCUT2D eigenvalue weighted by atomic mass is 10.0. The lowest BCUT2D eigenvalue weighted by Gasteiger charge is -2.33. The van der Waals surface area contributed by atoms with Gasteiger partial charge in [0.05, 0.1) is 5.69 Å². The molecule has 6 heteroatoms. The maximum Gasteiger partial charge on any atom is 0.265 e. The summed E-state index contributed by atoms with van der Waals surface area (Å²) in [7, 11) is -1.75. The zero-order valence-corrected chi connectivity index (χ0v) is 12.0. The zero-order chi connectivity index (χ0) is 14.3. The number of aryl methyl sites for hydroxylation is 1. The Labute approximate surface area is 118 Å². The first kappa shape index (κ1) is 13.2. The molecule has 1 unspecified atom stereocenters. The third-order valence-electron chi connectivity index (χ3n) is 3.54. The summed E-state index contributed by atoms with van der Waals surface area (Å²) in [5.41, 5.74) is 7.72. The van der Waals surface area contributed by atoms with Gasteiger partial charge >= 0.3 is 0 Å². The molecule has 1 atom stereocenters. The number of anilines is 1. The molecule has 0 saturated heterocycles. The van der Waals surface area contributed by atoms with Crippen LogP contribution in [0.25, 0.3) is 0 Å². The van der Waals surface area contributed by atoms with Gasteiger partial charge in [-0.1, -0.05) is 18.2 Å². The van der Waals surface area contributed by atoms with Crippen LogP contribution in [-0.2, 0) is 23.5 Å². The van der Waals surface area contributed by atoms with Gasteiger partial charge in [0.1, 0.15) is 4.90 Å². The van der Waals surface area contributed by atoms with Crippen molar-refractivity contribution in [3.63, 3.8) is 0 Å². The molecule has 0 saturated carbocycles. The average molecular weight is 291 g/mol. The highest BCUT2D eigenvalue weighted by Crippen LogP contribution is 2.31. The van der Waals surface area contributed by atoms with Crippen molar-refractivity contribution in [1.29, 1.82) is 0 Å². The number of aromatic nitrogens is 1. The maximum absolute atomic E-state index is 12.8. The Morgan fingerprint density at radius 3 is 2.70 bits per heavy atom. The van der Waals surface area contributed by atoms with Crippen molar-refractivity contribution >= 4 is 15.7 Å². The van der Waals surface area contributed by atoms with Gasteiger partial charge in [-0.15, -0.1) is 0 Å². The standard InChI is InChI=1S/C14H17N3O2S/c1-16-7-6-13(10-16)20(18,19)17-9-12(15)8-11-4-2-3-5-14(11)17/h2-7,10,12H,8-9,15H2,1H3. The number of nitrogens with two attached hydrogens (primary N) is 1. The molecular weight excluding hydrogens is 274 g/mol. The Morgan fingerprint density at radius 1 is 1.25 bits per heavy atom. The fraction of sp³-hybridized carbons (Fsp3) is 0.286. The monoisotopic (exact) mass is 291 g/mol. The van der Waals surface area contributed by atoms with Gasteiger partial charge in [0.2, 0.25) is 0 Å². The van der Waals surface area contributed by atoms with E-state index in [1.807, 2.05) is 24.3 Å². The van der Waals surface area contributed by atoms with Crippen LogP contribution >= 0.6 is 0 Å². The number of fused-ring (bicyclic) bond motifs is 1. The quantitative estimate of drug-likeness (QED) is 0.901. The molecule has 2 N–H and O–H groups in total. The first-order chi connectivity index (χ1) is 9.48. The number of rotatable bonds is 2. The van der Waals surface area contributed by atoms with Crippen molar-refractivity contribution in [3.05, 3.63) is 48.3 Å². The van der Waals surface area contributed by atoms with E-state index in [2.05, 4.69) is 0 Å². The van der Waals surface area contributed by atoms with Crippen molar-refractivity contribution in [2.24, 2.45) is 12.8 Å². The van der Waals surface area contributed by atoms with Crippen LogP contribution in [0.2, 0.25) is 0 Å². The van der Waals surface area contributed by atoms with Crippen LogP contribution in [0, 0.1) is 0 Å². The second-order valence-corrected chi connectivity index (χ2v) is 7.00. The lowest BCUT2D eigenvalue weighted by Crippen LogP contribution is -2.46. The number of sulfonamides is 1. The normalized spacial score (nSPS) is 18.9. The molecular formula is C14H17N3O2S. The Balaban J connectivity index is 2.10. The molecule has 3 rings (SSSR count). The number of benzene rings is 1. The summed E-state index contributed by atoms with van der Waals surface area (Å²) in [4.78, 5) is 0.295.